The molecule has 156 valence electrons. The van der Waals surface area contributed by atoms with E-state index < -0.39 is 17.8 Å². The fraction of sp³-hybridized carbons (Fsp3) is 0.167. The predicted molar refractivity (Wildman–Crippen MR) is 112 cm³/mol. The lowest BCUT2D eigenvalue weighted by atomic mass is 10.1. The summed E-state index contributed by atoms with van der Waals surface area (Å²) >= 11 is 0. The first kappa shape index (κ1) is 22.6. The van der Waals surface area contributed by atoms with Crippen LogP contribution in [0.4, 0.5) is 4.39 Å². The van der Waals surface area contributed by atoms with Gasteiger partial charge in [0.2, 0.25) is 0 Å². The second-order valence-electron chi connectivity index (χ2n) is 6.72. The number of hydrogen-bond donors (Lipinski definition) is 0. The Balaban J connectivity index is 2.15. The zero-order valence-corrected chi connectivity index (χ0v) is 17.4. The monoisotopic (exact) mass is 410 g/mol. The summed E-state index contributed by atoms with van der Waals surface area (Å²) in [6.07, 6.45) is 0. The van der Waals surface area contributed by atoms with Gasteiger partial charge in [-0.25, -0.2) is 14.0 Å². The van der Waals surface area contributed by atoms with Crippen molar-refractivity contribution in [3.05, 3.63) is 84.1 Å². The van der Waals surface area contributed by atoms with Crippen LogP contribution >= 0.6 is 0 Å². The van der Waals surface area contributed by atoms with E-state index in [1.54, 1.807) is 51.1 Å². The Bertz CT molecular complexity index is 1030. The van der Waals surface area contributed by atoms with Crippen molar-refractivity contribution in [1.82, 2.24) is 0 Å². The van der Waals surface area contributed by atoms with E-state index in [0.717, 1.165) is 5.56 Å². The van der Waals surface area contributed by atoms with E-state index in [-0.39, 0.29) is 22.8 Å². The van der Waals surface area contributed by atoms with Gasteiger partial charge in [-0.2, -0.15) is 0 Å². The zero-order chi connectivity index (χ0) is 22.4. The first-order chi connectivity index (χ1) is 14.1. The van der Waals surface area contributed by atoms with Crippen LogP contribution in [-0.2, 0) is 14.3 Å². The van der Waals surface area contributed by atoms with Crippen LogP contribution in [0.1, 0.15) is 27.7 Å². The Labute approximate surface area is 175 Å². The van der Waals surface area contributed by atoms with Gasteiger partial charge in [0.1, 0.15) is 17.3 Å². The molecule has 0 spiro atoms. The highest BCUT2D eigenvalue weighted by Gasteiger charge is 2.12. The zero-order valence-electron chi connectivity index (χ0n) is 17.4. The van der Waals surface area contributed by atoms with Gasteiger partial charge in [0.25, 0.3) is 0 Å². The summed E-state index contributed by atoms with van der Waals surface area (Å²) < 4.78 is 30.3. The van der Waals surface area contributed by atoms with Crippen LogP contribution in [-0.4, -0.2) is 11.9 Å². The van der Waals surface area contributed by atoms with Crippen molar-refractivity contribution in [3.63, 3.8) is 0 Å². The van der Waals surface area contributed by atoms with Gasteiger partial charge in [0.15, 0.2) is 11.6 Å². The largest absolute Gasteiger partial charge is 0.455 e. The second-order valence-corrected chi connectivity index (χ2v) is 6.72. The second kappa shape index (κ2) is 9.69. The van der Waals surface area contributed by atoms with Crippen LogP contribution < -0.4 is 9.47 Å². The molecule has 30 heavy (non-hydrogen) atoms. The summed E-state index contributed by atoms with van der Waals surface area (Å²) in [6.45, 7) is 13.2. The molecule has 2 aromatic carbocycles. The van der Waals surface area contributed by atoms with Gasteiger partial charge >= 0.3 is 11.9 Å². The first-order valence-electron chi connectivity index (χ1n) is 9.09. The normalized spacial score (nSPS) is 11.2. The molecular weight excluding hydrogens is 387 g/mol. The van der Waals surface area contributed by atoms with E-state index in [2.05, 4.69) is 13.2 Å². The minimum Gasteiger partial charge on any atom is -0.455 e. The molecule has 0 bridgehead atoms. The van der Waals surface area contributed by atoms with Crippen molar-refractivity contribution < 1.29 is 28.2 Å². The van der Waals surface area contributed by atoms with Gasteiger partial charge in [0.05, 0.1) is 0 Å². The molecule has 0 radical (unpaired) electrons. The van der Waals surface area contributed by atoms with Crippen LogP contribution in [0, 0.1) is 5.82 Å². The molecule has 0 atom stereocenters. The SMILES string of the molecule is C=C(C)C(=O)O/C(C)=C(\C)Oc1ccc(-c2ccc(OC(=O)C(=C)C)cc2)cc1F. The number of rotatable bonds is 7. The van der Waals surface area contributed by atoms with Gasteiger partial charge < -0.3 is 14.2 Å². The van der Waals surface area contributed by atoms with Gasteiger partial charge in [-0.1, -0.05) is 31.4 Å². The minimum atomic E-state index is -0.580. The molecule has 2 aromatic rings. The first-order valence-corrected chi connectivity index (χ1v) is 9.09. The van der Waals surface area contributed by atoms with Crippen molar-refractivity contribution in [2.24, 2.45) is 0 Å². The van der Waals surface area contributed by atoms with Crippen LogP contribution in [0.5, 0.6) is 11.5 Å². The third-order valence-electron chi connectivity index (χ3n) is 4.03. The van der Waals surface area contributed by atoms with E-state index in [1.807, 2.05) is 0 Å². The summed E-state index contributed by atoms with van der Waals surface area (Å²) in [6, 6.07) is 11.2. The molecule has 0 amide bonds. The number of halogens is 1. The quantitative estimate of drug-likeness (QED) is 0.253. The fourth-order valence-electron chi connectivity index (χ4n) is 2.21. The lowest BCUT2D eigenvalue weighted by Gasteiger charge is -2.12. The maximum Gasteiger partial charge on any atom is 0.338 e. The Morgan fingerprint density at radius 3 is 1.87 bits per heavy atom. The molecular formula is C24H23FO5. The number of benzene rings is 2. The van der Waals surface area contributed by atoms with Crippen molar-refractivity contribution in [2.75, 3.05) is 0 Å². The highest BCUT2D eigenvalue weighted by molar-refractivity contribution is 5.89. The van der Waals surface area contributed by atoms with Crippen molar-refractivity contribution in [2.45, 2.75) is 27.7 Å². The minimum absolute atomic E-state index is 0.00557. The maximum atomic E-state index is 14.5. The Hall–Kier alpha value is -3.67. The molecule has 0 heterocycles. The van der Waals surface area contributed by atoms with E-state index >= 15 is 0 Å². The lowest BCUT2D eigenvalue weighted by molar-refractivity contribution is -0.135. The third-order valence-corrected chi connectivity index (χ3v) is 4.03. The molecule has 0 N–H and O–H groups in total. The average molecular weight is 410 g/mol. The van der Waals surface area contributed by atoms with Crippen molar-refractivity contribution in [3.8, 4) is 22.6 Å². The average Bonchev–Trinajstić information content (AvgIpc) is 2.69. The lowest BCUT2D eigenvalue weighted by Crippen LogP contribution is -2.07. The molecule has 0 saturated carbocycles. The summed E-state index contributed by atoms with van der Waals surface area (Å²) in [4.78, 5) is 23.1. The molecule has 5 nitrogen and oxygen atoms in total. The Kier molecular flexibility index (Phi) is 7.31. The highest BCUT2D eigenvalue weighted by atomic mass is 19.1. The van der Waals surface area contributed by atoms with E-state index in [4.69, 9.17) is 14.2 Å². The van der Waals surface area contributed by atoms with Gasteiger partial charge in [-0.3, -0.25) is 0 Å². The van der Waals surface area contributed by atoms with Crippen LogP contribution in [0.15, 0.2) is 78.3 Å². The topological polar surface area (TPSA) is 61.8 Å². The number of carbonyl (C=O) groups excluding carboxylic acids is 2. The van der Waals surface area contributed by atoms with Gasteiger partial charge in [0, 0.05) is 11.1 Å². The van der Waals surface area contributed by atoms with Crippen LogP contribution in [0.2, 0.25) is 0 Å². The molecule has 0 aliphatic carbocycles. The van der Waals surface area contributed by atoms with Crippen LogP contribution in [0.25, 0.3) is 11.1 Å². The standard InChI is InChI=1S/C24H23FO5/c1-14(2)23(26)29-17(6)16(5)28-22-12-9-19(13-21(22)25)18-7-10-20(11-8-18)30-24(27)15(3)4/h7-13H,1,3H2,2,4-6H3/b17-16+. The summed E-state index contributed by atoms with van der Waals surface area (Å²) in [5.74, 6) is -0.844. The Morgan fingerprint density at radius 1 is 0.767 bits per heavy atom. The molecule has 0 aromatic heterocycles. The number of carbonyl (C=O) groups is 2. The van der Waals surface area contributed by atoms with Gasteiger partial charge in [-0.05, 0) is 63.1 Å². The van der Waals surface area contributed by atoms with Crippen LogP contribution in [0.3, 0.4) is 0 Å². The molecule has 0 aliphatic heterocycles. The maximum absolute atomic E-state index is 14.5. The number of allylic oxidation sites excluding steroid dienone is 2. The van der Waals surface area contributed by atoms with Crippen molar-refractivity contribution in [1.29, 1.82) is 0 Å². The molecule has 0 saturated heterocycles. The highest BCUT2D eigenvalue weighted by Crippen LogP contribution is 2.28. The van der Waals surface area contributed by atoms with Gasteiger partial charge in [-0.15, -0.1) is 0 Å². The number of ether oxygens (including phenoxy) is 3. The summed E-state index contributed by atoms with van der Waals surface area (Å²) in [7, 11) is 0. The van der Waals surface area contributed by atoms with Crippen molar-refractivity contribution >= 4 is 11.9 Å². The fourth-order valence-corrected chi connectivity index (χ4v) is 2.21. The molecule has 0 fully saturated rings. The third kappa shape index (κ3) is 5.91. The molecule has 6 heteroatoms. The van der Waals surface area contributed by atoms with E-state index in [1.165, 1.54) is 19.1 Å². The molecule has 0 aliphatic rings. The smallest absolute Gasteiger partial charge is 0.338 e. The molecule has 0 unspecified atom stereocenters. The summed E-state index contributed by atoms with van der Waals surface area (Å²) in [5, 5.41) is 0. The van der Waals surface area contributed by atoms with E-state index in [0.29, 0.717) is 16.9 Å². The number of esters is 2. The van der Waals surface area contributed by atoms with E-state index in [9.17, 15) is 14.0 Å². The Morgan fingerprint density at radius 2 is 1.33 bits per heavy atom. The molecule has 2 rings (SSSR count). The number of hydrogen-bond acceptors (Lipinski definition) is 5. The summed E-state index contributed by atoms with van der Waals surface area (Å²) in [5.41, 5.74) is 1.89. The predicted octanol–water partition coefficient (Wildman–Crippen LogP) is 5.72.